The molecular formula is C26H32Cl2N4O3. The Balaban J connectivity index is 1.23. The minimum absolute atomic E-state index is 0.110. The summed E-state index contributed by atoms with van der Waals surface area (Å²) in [5, 5.41) is 3.80. The molecule has 0 unspecified atom stereocenters. The van der Waals surface area contributed by atoms with Crippen LogP contribution in [0.4, 0.5) is 10.5 Å². The fourth-order valence-corrected chi connectivity index (χ4v) is 5.19. The van der Waals surface area contributed by atoms with Crippen LogP contribution in [0.3, 0.4) is 0 Å². The van der Waals surface area contributed by atoms with Crippen molar-refractivity contribution >= 4 is 40.9 Å². The maximum Gasteiger partial charge on any atom is 0.337 e. The second kappa shape index (κ2) is 12.1. The van der Waals surface area contributed by atoms with Crippen LogP contribution >= 0.6 is 23.2 Å². The van der Waals surface area contributed by atoms with Crippen LogP contribution in [-0.2, 0) is 11.3 Å². The fourth-order valence-electron chi connectivity index (χ4n) is 4.89. The van der Waals surface area contributed by atoms with Gasteiger partial charge in [-0.15, -0.1) is 0 Å². The van der Waals surface area contributed by atoms with Crippen molar-refractivity contribution in [3.63, 3.8) is 0 Å². The number of ether oxygens (including phenoxy) is 1. The molecule has 2 aliphatic heterocycles. The van der Waals surface area contributed by atoms with E-state index < -0.39 is 0 Å². The summed E-state index contributed by atoms with van der Waals surface area (Å²) < 4.78 is 4.85. The van der Waals surface area contributed by atoms with Crippen LogP contribution < -0.4 is 5.32 Å². The van der Waals surface area contributed by atoms with Gasteiger partial charge in [0.25, 0.3) is 0 Å². The van der Waals surface area contributed by atoms with Gasteiger partial charge in [0.15, 0.2) is 0 Å². The molecule has 2 aromatic carbocycles. The number of methoxy groups -OCH3 is 1. The van der Waals surface area contributed by atoms with Gasteiger partial charge in [-0.25, -0.2) is 9.59 Å². The van der Waals surface area contributed by atoms with Crippen molar-refractivity contribution in [3.05, 3.63) is 63.6 Å². The van der Waals surface area contributed by atoms with Crippen LogP contribution in [0.25, 0.3) is 0 Å². The number of rotatable bonds is 6. The van der Waals surface area contributed by atoms with E-state index in [0.29, 0.717) is 40.3 Å². The number of piperazine rings is 1. The van der Waals surface area contributed by atoms with Gasteiger partial charge in [0.2, 0.25) is 0 Å². The van der Waals surface area contributed by atoms with Crippen molar-refractivity contribution in [1.82, 2.24) is 14.7 Å². The molecule has 2 saturated heterocycles. The quantitative estimate of drug-likeness (QED) is 0.554. The number of benzene rings is 2. The molecule has 0 saturated carbocycles. The predicted molar refractivity (Wildman–Crippen MR) is 139 cm³/mol. The van der Waals surface area contributed by atoms with Crippen LogP contribution in [0.5, 0.6) is 0 Å². The molecule has 1 N–H and O–H groups in total. The minimum atomic E-state index is -0.298. The summed E-state index contributed by atoms with van der Waals surface area (Å²) >= 11 is 12.0. The molecule has 1 atom stereocenters. The zero-order valence-corrected chi connectivity index (χ0v) is 21.5. The Morgan fingerprint density at radius 3 is 2.54 bits per heavy atom. The smallest absolute Gasteiger partial charge is 0.337 e. The van der Waals surface area contributed by atoms with E-state index in [0.717, 1.165) is 44.8 Å². The van der Waals surface area contributed by atoms with Gasteiger partial charge < -0.3 is 15.0 Å². The Labute approximate surface area is 216 Å². The van der Waals surface area contributed by atoms with E-state index in [1.807, 2.05) is 17.0 Å². The molecule has 0 radical (unpaired) electrons. The Bertz CT molecular complexity index is 1040. The molecule has 2 aliphatic rings. The first-order chi connectivity index (χ1) is 16.9. The first-order valence-corrected chi connectivity index (χ1v) is 12.8. The van der Waals surface area contributed by atoms with Gasteiger partial charge in [0.1, 0.15) is 0 Å². The number of hydrogen-bond donors (Lipinski definition) is 1. The van der Waals surface area contributed by atoms with E-state index >= 15 is 0 Å². The lowest BCUT2D eigenvalue weighted by atomic mass is 9.96. The summed E-state index contributed by atoms with van der Waals surface area (Å²) in [6.45, 7) is 7.12. The molecule has 2 heterocycles. The summed E-state index contributed by atoms with van der Waals surface area (Å²) in [7, 11) is 1.41. The van der Waals surface area contributed by atoms with E-state index in [2.05, 4.69) is 21.2 Å². The van der Waals surface area contributed by atoms with Crippen LogP contribution in [0.2, 0.25) is 10.0 Å². The highest BCUT2D eigenvalue weighted by Crippen LogP contribution is 2.25. The third kappa shape index (κ3) is 7.10. The zero-order valence-electron chi connectivity index (χ0n) is 20.0. The maximum atomic E-state index is 12.6. The number of carbonyl (C=O) groups excluding carboxylic acids is 2. The summed E-state index contributed by atoms with van der Waals surface area (Å²) in [4.78, 5) is 31.3. The average Bonchev–Trinajstić information content (AvgIpc) is 2.86. The molecule has 188 valence electrons. The number of esters is 1. The Kier molecular flexibility index (Phi) is 8.89. The molecule has 9 heteroatoms. The number of amides is 2. The monoisotopic (exact) mass is 518 g/mol. The number of hydrogen-bond acceptors (Lipinski definition) is 5. The highest BCUT2D eigenvalue weighted by atomic mass is 35.5. The van der Waals surface area contributed by atoms with Gasteiger partial charge in [0, 0.05) is 51.5 Å². The van der Waals surface area contributed by atoms with Crippen LogP contribution in [-0.4, -0.2) is 79.6 Å². The van der Waals surface area contributed by atoms with Crippen LogP contribution in [0.1, 0.15) is 28.8 Å². The number of nitrogens with one attached hydrogen (secondary N) is 1. The number of anilines is 1. The summed E-state index contributed by atoms with van der Waals surface area (Å²) in [5.41, 5.74) is 2.38. The standard InChI is InChI=1S/C26H32Cl2N4O3/c1-35-25(33)21-6-2-4-19(14-21)16-31-9-3-5-20(18-31)17-30-10-12-32(13-11-30)26(34)29-22-7-8-23(27)24(28)15-22/h2,4,6-8,14-15,20H,3,5,9-13,16-18H2,1H3,(H,29,34)/t20-/m0/s1. The van der Waals surface area contributed by atoms with E-state index in [4.69, 9.17) is 27.9 Å². The normalized spacial score (nSPS) is 19.4. The van der Waals surface area contributed by atoms with Gasteiger partial charge in [-0.3, -0.25) is 9.80 Å². The van der Waals surface area contributed by atoms with Crippen molar-refractivity contribution in [2.45, 2.75) is 19.4 Å². The summed E-state index contributed by atoms with van der Waals surface area (Å²) in [5.74, 6) is 0.303. The molecule has 2 aromatic rings. The van der Waals surface area contributed by atoms with E-state index in [1.54, 1.807) is 24.3 Å². The topological polar surface area (TPSA) is 65.1 Å². The Morgan fingerprint density at radius 1 is 1.00 bits per heavy atom. The molecule has 2 fully saturated rings. The highest BCUT2D eigenvalue weighted by molar-refractivity contribution is 6.42. The lowest BCUT2D eigenvalue weighted by Crippen LogP contribution is -2.52. The molecule has 0 bridgehead atoms. The lowest BCUT2D eigenvalue weighted by molar-refractivity contribution is 0.0600. The molecule has 4 rings (SSSR count). The molecule has 7 nitrogen and oxygen atoms in total. The number of nitrogens with zero attached hydrogens (tertiary/aromatic N) is 3. The fraction of sp³-hybridized carbons (Fsp3) is 0.462. The van der Waals surface area contributed by atoms with Crippen LogP contribution in [0, 0.1) is 5.92 Å². The first-order valence-electron chi connectivity index (χ1n) is 12.0. The van der Waals surface area contributed by atoms with Gasteiger partial charge in [-0.2, -0.15) is 0 Å². The van der Waals surface area contributed by atoms with Crippen molar-refractivity contribution in [1.29, 1.82) is 0 Å². The minimum Gasteiger partial charge on any atom is -0.465 e. The number of carbonyl (C=O) groups is 2. The van der Waals surface area contributed by atoms with Crippen molar-refractivity contribution < 1.29 is 14.3 Å². The molecule has 35 heavy (non-hydrogen) atoms. The second-order valence-electron chi connectivity index (χ2n) is 9.28. The lowest BCUT2D eigenvalue weighted by Gasteiger charge is -2.39. The number of piperidine rings is 1. The average molecular weight is 519 g/mol. The number of likely N-dealkylation sites (tertiary alicyclic amines) is 1. The van der Waals surface area contributed by atoms with E-state index in [9.17, 15) is 9.59 Å². The van der Waals surface area contributed by atoms with E-state index in [1.165, 1.54) is 20.0 Å². The molecular weight excluding hydrogens is 487 g/mol. The molecule has 2 amide bonds. The SMILES string of the molecule is COC(=O)c1cccc(CN2CCC[C@@H](CN3CCN(C(=O)Nc4ccc(Cl)c(Cl)c4)CC3)C2)c1. The van der Waals surface area contributed by atoms with Crippen molar-refractivity contribution in [3.8, 4) is 0 Å². The third-order valence-electron chi connectivity index (χ3n) is 6.70. The van der Waals surface area contributed by atoms with E-state index in [-0.39, 0.29) is 12.0 Å². The van der Waals surface area contributed by atoms with Gasteiger partial charge in [0.05, 0.1) is 22.7 Å². The zero-order chi connectivity index (χ0) is 24.8. The summed E-state index contributed by atoms with van der Waals surface area (Å²) in [6, 6.07) is 12.7. The number of urea groups is 1. The third-order valence-corrected chi connectivity index (χ3v) is 7.44. The number of halogens is 2. The Morgan fingerprint density at radius 2 is 1.80 bits per heavy atom. The largest absolute Gasteiger partial charge is 0.465 e. The van der Waals surface area contributed by atoms with Crippen molar-refractivity contribution in [2.24, 2.45) is 5.92 Å². The van der Waals surface area contributed by atoms with Gasteiger partial charge >= 0.3 is 12.0 Å². The second-order valence-corrected chi connectivity index (χ2v) is 10.1. The molecule has 0 aliphatic carbocycles. The predicted octanol–water partition coefficient (Wildman–Crippen LogP) is 4.84. The maximum absolute atomic E-state index is 12.6. The van der Waals surface area contributed by atoms with Gasteiger partial charge in [-0.1, -0.05) is 35.3 Å². The summed E-state index contributed by atoms with van der Waals surface area (Å²) in [6.07, 6.45) is 2.39. The molecule has 0 spiro atoms. The molecule has 0 aromatic heterocycles. The Hall–Kier alpha value is -2.32. The highest BCUT2D eigenvalue weighted by Gasteiger charge is 2.26. The first kappa shape index (κ1) is 25.8. The van der Waals surface area contributed by atoms with Crippen molar-refractivity contribution in [2.75, 3.05) is 58.2 Å². The van der Waals surface area contributed by atoms with Crippen LogP contribution in [0.15, 0.2) is 42.5 Å². The van der Waals surface area contributed by atoms with Gasteiger partial charge in [-0.05, 0) is 61.2 Å².